The van der Waals surface area contributed by atoms with E-state index in [2.05, 4.69) is 20.8 Å². The van der Waals surface area contributed by atoms with E-state index in [4.69, 9.17) is 4.52 Å². The number of nitrogens with zero attached hydrogens (tertiary/aromatic N) is 3. The molecule has 2 heterocycles. The molecule has 0 spiro atoms. The average Bonchev–Trinajstić information content (AvgIpc) is 2.99. The average molecular weight is 303 g/mol. The summed E-state index contributed by atoms with van der Waals surface area (Å²) >= 11 is 0. The van der Waals surface area contributed by atoms with Crippen molar-refractivity contribution in [2.45, 2.75) is 26.4 Å². The van der Waals surface area contributed by atoms with E-state index in [9.17, 15) is 4.79 Å². The van der Waals surface area contributed by atoms with E-state index in [1.54, 1.807) is 6.20 Å². The van der Waals surface area contributed by atoms with Crippen molar-refractivity contribution in [3.05, 3.63) is 41.4 Å². The molecule has 2 N–H and O–H groups in total. The molecule has 7 heteroatoms. The Morgan fingerprint density at radius 2 is 2.09 bits per heavy atom. The molecule has 0 bridgehead atoms. The number of carbonyl (C=O) groups excluding carboxylic acids is 1. The quantitative estimate of drug-likeness (QED) is 0.848. The van der Waals surface area contributed by atoms with Crippen molar-refractivity contribution in [2.75, 3.05) is 19.0 Å². The van der Waals surface area contributed by atoms with Crippen molar-refractivity contribution < 1.29 is 9.32 Å². The Morgan fingerprint density at radius 3 is 2.77 bits per heavy atom. The van der Waals surface area contributed by atoms with E-state index in [1.807, 2.05) is 44.1 Å². The summed E-state index contributed by atoms with van der Waals surface area (Å²) < 4.78 is 5.11. The second-order valence-electron chi connectivity index (χ2n) is 5.05. The third-order valence-electron chi connectivity index (χ3n) is 3.12. The smallest absolute Gasteiger partial charge is 0.315 e. The van der Waals surface area contributed by atoms with E-state index >= 15 is 0 Å². The van der Waals surface area contributed by atoms with Crippen LogP contribution in [0, 0.1) is 0 Å². The zero-order valence-electron chi connectivity index (χ0n) is 13.1. The molecule has 22 heavy (non-hydrogen) atoms. The topological polar surface area (TPSA) is 83.3 Å². The number of carbonyl (C=O) groups is 1. The third kappa shape index (κ3) is 4.21. The number of aryl methyl sites for hydroxylation is 1. The number of pyridine rings is 1. The summed E-state index contributed by atoms with van der Waals surface area (Å²) in [5, 5.41) is 9.42. The van der Waals surface area contributed by atoms with Gasteiger partial charge in [-0.25, -0.2) is 9.78 Å². The van der Waals surface area contributed by atoms with Gasteiger partial charge in [0.15, 0.2) is 5.76 Å². The Labute approximate surface area is 129 Å². The Balaban J connectivity index is 1.83. The van der Waals surface area contributed by atoms with Crippen molar-refractivity contribution in [1.29, 1.82) is 0 Å². The number of urea groups is 1. The van der Waals surface area contributed by atoms with Crippen LogP contribution in [0.15, 0.2) is 28.9 Å². The summed E-state index contributed by atoms with van der Waals surface area (Å²) in [7, 11) is 3.84. The number of aromatic nitrogens is 2. The molecule has 0 atom stereocenters. The first-order valence-electron chi connectivity index (χ1n) is 7.17. The van der Waals surface area contributed by atoms with Gasteiger partial charge < -0.3 is 20.1 Å². The molecule has 0 aliphatic carbocycles. The number of hydrogen-bond acceptors (Lipinski definition) is 5. The van der Waals surface area contributed by atoms with Crippen LogP contribution < -0.4 is 15.5 Å². The number of anilines is 1. The van der Waals surface area contributed by atoms with Crippen molar-refractivity contribution >= 4 is 11.8 Å². The molecule has 0 fully saturated rings. The summed E-state index contributed by atoms with van der Waals surface area (Å²) in [4.78, 5) is 18.0. The summed E-state index contributed by atoms with van der Waals surface area (Å²) in [6, 6.07) is 5.36. The Kier molecular flexibility index (Phi) is 5.35. The molecule has 0 aliphatic rings. The minimum Gasteiger partial charge on any atom is -0.362 e. The number of amides is 2. The van der Waals surface area contributed by atoms with Crippen molar-refractivity contribution in [2.24, 2.45) is 0 Å². The second kappa shape index (κ2) is 7.44. The summed E-state index contributed by atoms with van der Waals surface area (Å²) in [5.41, 5.74) is 1.83. The highest BCUT2D eigenvalue weighted by Gasteiger charge is 2.08. The first kappa shape index (κ1) is 15.8. The van der Waals surface area contributed by atoms with Gasteiger partial charge in [0, 0.05) is 38.5 Å². The molecule has 0 aliphatic heterocycles. The summed E-state index contributed by atoms with van der Waals surface area (Å²) in [6.07, 6.45) is 2.54. The highest BCUT2D eigenvalue weighted by molar-refractivity contribution is 5.74. The molecule has 2 rings (SSSR count). The van der Waals surface area contributed by atoms with Crippen molar-refractivity contribution in [1.82, 2.24) is 20.8 Å². The number of nitrogens with one attached hydrogen (secondary N) is 2. The summed E-state index contributed by atoms with van der Waals surface area (Å²) in [5.74, 6) is 1.48. The van der Waals surface area contributed by atoms with E-state index in [-0.39, 0.29) is 6.03 Å². The molecule has 0 unspecified atom stereocenters. The summed E-state index contributed by atoms with van der Waals surface area (Å²) in [6.45, 7) is 2.72. The standard InChI is InChI=1S/C15H21N5O2/c1-4-12-8-13(22-19-12)10-18-15(21)17-9-11-6-5-7-16-14(11)20(2)3/h5-8H,4,9-10H2,1-3H3,(H2,17,18,21). The fourth-order valence-corrected chi connectivity index (χ4v) is 1.98. The predicted octanol–water partition coefficient (Wildman–Crippen LogP) is 1.70. The van der Waals surface area contributed by atoms with Gasteiger partial charge in [-0.1, -0.05) is 18.1 Å². The zero-order chi connectivity index (χ0) is 15.9. The van der Waals surface area contributed by atoms with Crippen LogP contribution in [0.1, 0.15) is 23.9 Å². The van der Waals surface area contributed by atoms with Gasteiger partial charge in [0.2, 0.25) is 0 Å². The van der Waals surface area contributed by atoms with Crippen LogP contribution in [0.4, 0.5) is 10.6 Å². The van der Waals surface area contributed by atoms with Gasteiger partial charge in [0.05, 0.1) is 12.2 Å². The fourth-order valence-electron chi connectivity index (χ4n) is 1.98. The second-order valence-corrected chi connectivity index (χ2v) is 5.05. The molecule has 2 aromatic rings. The first-order chi connectivity index (χ1) is 10.6. The monoisotopic (exact) mass is 303 g/mol. The normalized spacial score (nSPS) is 10.3. The molecule has 2 amide bonds. The zero-order valence-corrected chi connectivity index (χ0v) is 13.1. The van der Waals surface area contributed by atoms with E-state index in [0.717, 1.165) is 23.5 Å². The van der Waals surface area contributed by atoms with Gasteiger partial charge in [-0.15, -0.1) is 0 Å². The van der Waals surface area contributed by atoms with Crippen molar-refractivity contribution in [3.63, 3.8) is 0 Å². The lowest BCUT2D eigenvalue weighted by molar-refractivity contribution is 0.238. The van der Waals surface area contributed by atoms with E-state index < -0.39 is 0 Å². The van der Waals surface area contributed by atoms with Crippen LogP contribution in [0.2, 0.25) is 0 Å². The van der Waals surface area contributed by atoms with Gasteiger partial charge in [0.25, 0.3) is 0 Å². The van der Waals surface area contributed by atoms with E-state index in [1.165, 1.54) is 0 Å². The maximum Gasteiger partial charge on any atom is 0.315 e. The predicted molar refractivity (Wildman–Crippen MR) is 83.5 cm³/mol. The molecule has 118 valence electrons. The Hall–Kier alpha value is -2.57. The first-order valence-corrected chi connectivity index (χ1v) is 7.17. The third-order valence-corrected chi connectivity index (χ3v) is 3.12. The molecule has 0 radical (unpaired) electrons. The van der Waals surface area contributed by atoms with E-state index in [0.29, 0.717) is 18.8 Å². The van der Waals surface area contributed by atoms with Crippen LogP contribution >= 0.6 is 0 Å². The maximum atomic E-state index is 11.8. The number of rotatable bonds is 6. The van der Waals surface area contributed by atoms with Crippen LogP contribution in [0.3, 0.4) is 0 Å². The highest BCUT2D eigenvalue weighted by Crippen LogP contribution is 2.13. The van der Waals surface area contributed by atoms with Gasteiger partial charge in [-0.2, -0.15) is 0 Å². The number of hydrogen-bond donors (Lipinski definition) is 2. The lowest BCUT2D eigenvalue weighted by Crippen LogP contribution is -2.34. The van der Waals surface area contributed by atoms with Crippen LogP contribution in [-0.2, 0) is 19.5 Å². The lowest BCUT2D eigenvalue weighted by atomic mass is 10.2. The minimum absolute atomic E-state index is 0.261. The van der Waals surface area contributed by atoms with Crippen LogP contribution in [0.5, 0.6) is 0 Å². The molecule has 2 aromatic heterocycles. The molecule has 0 aromatic carbocycles. The molecular formula is C15H21N5O2. The Bertz CT molecular complexity index is 624. The highest BCUT2D eigenvalue weighted by atomic mass is 16.5. The minimum atomic E-state index is -0.261. The van der Waals surface area contributed by atoms with Gasteiger partial charge in [0.1, 0.15) is 5.82 Å². The molecule has 0 saturated heterocycles. The van der Waals surface area contributed by atoms with Crippen LogP contribution in [0.25, 0.3) is 0 Å². The fraction of sp³-hybridized carbons (Fsp3) is 0.400. The van der Waals surface area contributed by atoms with Crippen molar-refractivity contribution in [3.8, 4) is 0 Å². The molecule has 0 saturated carbocycles. The molecular weight excluding hydrogens is 282 g/mol. The SMILES string of the molecule is CCc1cc(CNC(=O)NCc2cccnc2N(C)C)on1. The van der Waals surface area contributed by atoms with Gasteiger partial charge in [-0.05, 0) is 12.5 Å². The van der Waals surface area contributed by atoms with Gasteiger partial charge in [-0.3, -0.25) is 0 Å². The largest absolute Gasteiger partial charge is 0.362 e. The van der Waals surface area contributed by atoms with Gasteiger partial charge >= 0.3 is 6.03 Å². The maximum absolute atomic E-state index is 11.8. The van der Waals surface area contributed by atoms with Crippen LogP contribution in [-0.4, -0.2) is 30.3 Å². The lowest BCUT2D eigenvalue weighted by Gasteiger charge is -2.16. The Morgan fingerprint density at radius 1 is 1.32 bits per heavy atom. The molecule has 7 nitrogen and oxygen atoms in total.